The van der Waals surface area contributed by atoms with Gasteiger partial charge in [-0.3, -0.25) is 4.79 Å². The standard InChI is InChI=1S/C11H12FNO2.C2H6/c1-8-2-3-9(6-10(8)12)13-4-5-15-7-11(13)14;1-2/h2-3,6H,4-5,7H2,1H3;1-2H3. The lowest BCUT2D eigenvalue weighted by Gasteiger charge is -2.26. The fourth-order valence-electron chi connectivity index (χ4n) is 1.54. The summed E-state index contributed by atoms with van der Waals surface area (Å²) in [6, 6.07) is 4.81. The van der Waals surface area contributed by atoms with Gasteiger partial charge in [0, 0.05) is 12.2 Å². The minimum absolute atomic E-state index is 0.0789. The number of hydrogen-bond donors (Lipinski definition) is 0. The molecule has 94 valence electrons. The summed E-state index contributed by atoms with van der Waals surface area (Å²) in [6.07, 6.45) is 0. The number of nitrogens with zero attached hydrogens (tertiary/aromatic N) is 1. The fourth-order valence-corrected chi connectivity index (χ4v) is 1.54. The zero-order valence-electron chi connectivity index (χ0n) is 10.5. The number of morpholine rings is 1. The molecule has 0 radical (unpaired) electrons. The smallest absolute Gasteiger partial charge is 0.253 e. The number of anilines is 1. The van der Waals surface area contributed by atoms with Gasteiger partial charge in [0.05, 0.1) is 6.61 Å². The highest BCUT2D eigenvalue weighted by Gasteiger charge is 2.20. The molecule has 1 fully saturated rings. The van der Waals surface area contributed by atoms with E-state index in [4.69, 9.17) is 4.74 Å². The van der Waals surface area contributed by atoms with Crippen LogP contribution in [0.25, 0.3) is 0 Å². The second kappa shape index (κ2) is 6.35. The Balaban J connectivity index is 0.000000686. The van der Waals surface area contributed by atoms with Gasteiger partial charge in [0.1, 0.15) is 12.4 Å². The molecule has 17 heavy (non-hydrogen) atoms. The molecule has 0 N–H and O–H groups in total. The van der Waals surface area contributed by atoms with Crippen molar-refractivity contribution >= 4 is 11.6 Å². The van der Waals surface area contributed by atoms with Crippen LogP contribution in [0.1, 0.15) is 19.4 Å². The van der Waals surface area contributed by atoms with Crippen LogP contribution in [0.3, 0.4) is 0 Å². The summed E-state index contributed by atoms with van der Waals surface area (Å²) >= 11 is 0. The Hall–Kier alpha value is -1.42. The molecule has 1 amide bonds. The Kier molecular flexibility index (Phi) is 5.10. The molecule has 0 bridgehead atoms. The van der Waals surface area contributed by atoms with Crippen LogP contribution >= 0.6 is 0 Å². The topological polar surface area (TPSA) is 29.5 Å². The lowest BCUT2D eigenvalue weighted by atomic mass is 10.2. The number of amides is 1. The highest BCUT2D eigenvalue weighted by Crippen LogP contribution is 2.19. The lowest BCUT2D eigenvalue weighted by molar-refractivity contribution is -0.125. The monoisotopic (exact) mass is 239 g/mol. The van der Waals surface area contributed by atoms with E-state index < -0.39 is 0 Å². The van der Waals surface area contributed by atoms with Crippen LogP contribution in [0, 0.1) is 12.7 Å². The quantitative estimate of drug-likeness (QED) is 0.753. The third-order valence-electron chi connectivity index (χ3n) is 2.45. The fraction of sp³-hybridized carbons (Fsp3) is 0.462. The molecule has 1 heterocycles. The van der Waals surface area contributed by atoms with Crippen molar-refractivity contribution in [3.8, 4) is 0 Å². The minimum Gasteiger partial charge on any atom is -0.370 e. The first-order chi connectivity index (χ1) is 8.18. The van der Waals surface area contributed by atoms with Gasteiger partial charge in [0.25, 0.3) is 5.91 Å². The van der Waals surface area contributed by atoms with E-state index in [1.54, 1.807) is 24.0 Å². The zero-order chi connectivity index (χ0) is 12.8. The first-order valence-corrected chi connectivity index (χ1v) is 5.83. The first kappa shape index (κ1) is 13.6. The summed E-state index contributed by atoms with van der Waals surface area (Å²) in [5.41, 5.74) is 1.19. The van der Waals surface area contributed by atoms with Crippen molar-refractivity contribution in [1.29, 1.82) is 0 Å². The third kappa shape index (κ3) is 3.27. The van der Waals surface area contributed by atoms with Gasteiger partial charge < -0.3 is 9.64 Å². The second-order valence-corrected chi connectivity index (χ2v) is 3.53. The molecule has 0 aliphatic carbocycles. The van der Waals surface area contributed by atoms with Gasteiger partial charge in [-0.2, -0.15) is 0 Å². The molecule has 0 spiro atoms. The summed E-state index contributed by atoms with van der Waals surface area (Å²) in [5.74, 6) is -0.406. The molecule has 2 rings (SSSR count). The number of benzene rings is 1. The Labute approximate surface area is 101 Å². The van der Waals surface area contributed by atoms with Crippen LogP contribution in [-0.4, -0.2) is 25.7 Å². The normalized spacial score (nSPS) is 15.3. The summed E-state index contributed by atoms with van der Waals surface area (Å²) in [6.45, 7) is 6.76. The van der Waals surface area contributed by atoms with E-state index in [1.807, 2.05) is 13.8 Å². The van der Waals surface area contributed by atoms with E-state index in [2.05, 4.69) is 0 Å². The highest BCUT2D eigenvalue weighted by atomic mass is 19.1. The van der Waals surface area contributed by atoms with Crippen molar-refractivity contribution < 1.29 is 13.9 Å². The molecule has 0 saturated carbocycles. The molecule has 4 heteroatoms. The predicted octanol–water partition coefficient (Wildman–Crippen LogP) is 2.52. The number of hydrogen-bond acceptors (Lipinski definition) is 2. The van der Waals surface area contributed by atoms with Crippen molar-refractivity contribution in [2.45, 2.75) is 20.8 Å². The number of carbonyl (C=O) groups is 1. The van der Waals surface area contributed by atoms with Gasteiger partial charge in [0.15, 0.2) is 0 Å². The van der Waals surface area contributed by atoms with E-state index in [1.165, 1.54) is 6.07 Å². The molecule has 1 saturated heterocycles. The Morgan fingerprint density at radius 3 is 2.65 bits per heavy atom. The Bertz CT molecular complexity index is 393. The van der Waals surface area contributed by atoms with Crippen molar-refractivity contribution in [2.75, 3.05) is 24.7 Å². The molecule has 0 aromatic heterocycles. The van der Waals surface area contributed by atoms with Gasteiger partial charge in [0.2, 0.25) is 0 Å². The molecule has 1 aromatic carbocycles. The summed E-state index contributed by atoms with van der Waals surface area (Å²) in [4.78, 5) is 13.0. The van der Waals surface area contributed by atoms with Crippen LogP contribution < -0.4 is 4.90 Å². The summed E-state index contributed by atoms with van der Waals surface area (Å²) in [7, 11) is 0. The summed E-state index contributed by atoms with van der Waals surface area (Å²) in [5, 5.41) is 0. The van der Waals surface area contributed by atoms with Crippen LogP contribution in [-0.2, 0) is 9.53 Å². The van der Waals surface area contributed by atoms with Gasteiger partial charge >= 0.3 is 0 Å². The lowest BCUT2D eigenvalue weighted by Crippen LogP contribution is -2.41. The van der Waals surface area contributed by atoms with Crippen molar-refractivity contribution in [3.63, 3.8) is 0 Å². The molecular weight excluding hydrogens is 221 g/mol. The van der Waals surface area contributed by atoms with Crippen LogP contribution in [0.2, 0.25) is 0 Å². The van der Waals surface area contributed by atoms with Crippen molar-refractivity contribution in [3.05, 3.63) is 29.6 Å². The molecular formula is C13H18FNO2. The van der Waals surface area contributed by atoms with Gasteiger partial charge in [-0.25, -0.2) is 4.39 Å². The SMILES string of the molecule is CC.Cc1ccc(N2CCOCC2=O)cc1F. The largest absolute Gasteiger partial charge is 0.370 e. The van der Waals surface area contributed by atoms with Crippen LogP contribution in [0.4, 0.5) is 10.1 Å². The van der Waals surface area contributed by atoms with Crippen molar-refractivity contribution in [1.82, 2.24) is 0 Å². The Morgan fingerprint density at radius 1 is 1.35 bits per heavy atom. The zero-order valence-corrected chi connectivity index (χ0v) is 10.5. The maximum Gasteiger partial charge on any atom is 0.253 e. The van der Waals surface area contributed by atoms with E-state index in [9.17, 15) is 9.18 Å². The molecule has 0 atom stereocenters. The number of ether oxygens (including phenoxy) is 1. The average molecular weight is 239 g/mol. The van der Waals surface area contributed by atoms with Gasteiger partial charge in [-0.05, 0) is 24.6 Å². The molecule has 0 unspecified atom stereocenters. The summed E-state index contributed by atoms with van der Waals surface area (Å²) < 4.78 is 18.3. The molecule has 1 aromatic rings. The third-order valence-corrected chi connectivity index (χ3v) is 2.45. The van der Waals surface area contributed by atoms with Crippen LogP contribution in [0.15, 0.2) is 18.2 Å². The van der Waals surface area contributed by atoms with E-state index in [0.29, 0.717) is 24.4 Å². The number of carbonyl (C=O) groups excluding carboxylic acids is 1. The molecule has 1 aliphatic heterocycles. The molecule has 1 aliphatic rings. The number of aryl methyl sites for hydroxylation is 1. The van der Waals surface area contributed by atoms with E-state index >= 15 is 0 Å². The van der Waals surface area contributed by atoms with Gasteiger partial charge in [-0.1, -0.05) is 19.9 Å². The number of halogens is 1. The van der Waals surface area contributed by atoms with E-state index in [-0.39, 0.29) is 18.3 Å². The van der Waals surface area contributed by atoms with E-state index in [0.717, 1.165) is 0 Å². The van der Waals surface area contributed by atoms with Crippen LogP contribution in [0.5, 0.6) is 0 Å². The maximum absolute atomic E-state index is 13.3. The number of rotatable bonds is 1. The minimum atomic E-state index is -0.285. The predicted molar refractivity (Wildman–Crippen MR) is 65.7 cm³/mol. The highest BCUT2D eigenvalue weighted by molar-refractivity contribution is 5.94. The molecule has 3 nitrogen and oxygen atoms in total. The average Bonchev–Trinajstić information content (AvgIpc) is 2.36. The Morgan fingerprint density at radius 2 is 2.06 bits per heavy atom. The first-order valence-electron chi connectivity index (χ1n) is 5.83. The van der Waals surface area contributed by atoms with Crippen molar-refractivity contribution in [2.24, 2.45) is 0 Å². The second-order valence-electron chi connectivity index (χ2n) is 3.53. The van der Waals surface area contributed by atoms with Gasteiger partial charge in [-0.15, -0.1) is 0 Å². The maximum atomic E-state index is 13.3.